The van der Waals surface area contributed by atoms with E-state index in [0.29, 0.717) is 23.0 Å². The molecule has 0 aliphatic carbocycles. The summed E-state index contributed by atoms with van der Waals surface area (Å²) in [5.74, 6) is -0.552. The van der Waals surface area contributed by atoms with E-state index in [0.717, 1.165) is 10.6 Å². The Bertz CT molecular complexity index is 1370. The normalized spacial score (nSPS) is 16.6. The number of hydrogen-bond acceptors (Lipinski definition) is 6. The Labute approximate surface area is 192 Å². The summed E-state index contributed by atoms with van der Waals surface area (Å²) in [6, 6.07) is 19.5. The van der Waals surface area contributed by atoms with Crippen LogP contribution in [0.2, 0.25) is 0 Å². The van der Waals surface area contributed by atoms with Crippen LogP contribution in [0, 0.1) is 15.5 Å². The van der Waals surface area contributed by atoms with E-state index in [1.54, 1.807) is 41.1 Å². The summed E-state index contributed by atoms with van der Waals surface area (Å²) in [6.07, 6.45) is 3.95. The van der Waals surface area contributed by atoms with Crippen molar-refractivity contribution in [2.75, 3.05) is 0 Å². The van der Waals surface area contributed by atoms with Gasteiger partial charge in [-0.2, -0.15) is 15.1 Å². The number of nitrogens with zero attached hydrogens (tertiary/aromatic N) is 5. The van der Waals surface area contributed by atoms with Crippen LogP contribution in [0.3, 0.4) is 0 Å². The summed E-state index contributed by atoms with van der Waals surface area (Å²) in [7, 11) is 0. The molecule has 1 N–H and O–H groups in total. The lowest BCUT2D eigenvalue weighted by molar-refractivity contribution is -0.384. The van der Waals surface area contributed by atoms with Crippen LogP contribution in [0.4, 0.5) is 5.69 Å². The third kappa shape index (κ3) is 3.99. The highest BCUT2D eigenvalue weighted by molar-refractivity contribution is 8.26. The standard InChI is InChI=1S/C23H16N6O3S/c24-21-19(14-18-7-4-12-27(18)16-8-10-17(11-9-16)29(31)32)22(30)25-23-28(21)26-20(33-23)13-15-5-2-1-3-6-15/h1-12,14,24H,13H2/b19-14-,24-21?. The second kappa shape index (κ2) is 8.32. The monoisotopic (exact) mass is 456 g/mol. The average molecular weight is 456 g/mol. The predicted molar refractivity (Wildman–Crippen MR) is 128 cm³/mol. The zero-order valence-corrected chi connectivity index (χ0v) is 17.9. The number of rotatable bonds is 5. The van der Waals surface area contributed by atoms with Gasteiger partial charge in [0.05, 0.1) is 10.5 Å². The van der Waals surface area contributed by atoms with Gasteiger partial charge in [-0.3, -0.25) is 20.3 Å². The maximum absolute atomic E-state index is 12.7. The number of aromatic nitrogens is 1. The molecule has 1 amide bonds. The van der Waals surface area contributed by atoms with E-state index < -0.39 is 10.8 Å². The minimum absolute atomic E-state index is 0.00684. The van der Waals surface area contributed by atoms with E-state index in [2.05, 4.69) is 10.1 Å². The number of nitro groups is 1. The van der Waals surface area contributed by atoms with E-state index >= 15 is 0 Å². The number of nitro benzene ring substituents is 1. The first kappa shape index (κ1) is 20.6. The lowest BCUT2D eigenvalue weighted by Gasteiger charge is -2.20. The molecule has 1 aromatic heterocycles. The minimum atomic E-state index is -0.508. The highest BCUT2D eigenvalue weighted by Gasteiger charge is 2.35. The number of amidine groups is 2. The molecule has 3 heterocycles. The third-order valence-electron chi connectivity index (χ3n) is 5.11. The lowest BCUT2D eigenvalue weighted by atomic mass is 10.1. The van der Waals surface area contributed by atoms with Crippen LogP contribution in [-0.4, -0.2) is 36.5 Å². The topological polar surface area (TPSA) is 117 Å². The maximum Gasteiger partial charge on any atom is 0.283 e. The first-order valence-corrected chi connectivity index (χ1v) is 10.8. The van der Waals surface area contributed by atoms with Crippen LogP contribution < -0.4 is 0 Å². The minimum Gasteiger partial charge on any atom is -0.317 e. The summed E-state index contributed by atoms with van der Waals surface area (Å²) >= 11 is 1.29. The Kier molecular flexibility index (Phi) is 5.19. The molecule has 2 aliphatic rings. The van der Waals surface area contributed by atoms with Crippen LogP contribution >= 0.6 is 11.8 Å². The molecular weight excluding hydrogens is 440 g/mol. The third-order valence-corrected chi connectivity index (χ3v) is 6.01. The molecule has 9 nitrogen and oxygen atoms in total. The van der Waals surface area contributed by atoms with Crippen molar-refractivity contribution in [3.63, 3.8) is 0 Å². The summed E-state index contributed by atoms with van der Waals surface area (Å²) in [5, 5.41) is 26.5. The number of aliphatic imine (C=N–C) groups is 1. The molecule has 0 radical (unpaired) electrons. The van der Waals surface area contributed by atoms with Gasteiger partial charge >= 0.3 is 0 Å². The van der Waals surface area contributed by atoms with Crippen LogP contribution in [0.25, 0.3) is 11.8 Å². The highest BCUT2D eigenvalue weighted by Crippen LogP contribution is 2.30. The second-order valence-electron chi connectivity index (χ2n) is 7.25. The number of non-ortho nitro benzene ring substituents is 1. The van der Waals surface area contributed by atoms with Gasteiger partial charge in [-0.1, -0.05) is 30.3 Å². The Morgan fingerprint density at radius 2 is 1.82 bits per heavy atom. The molecule has 0 fully saturated rings. The molecular formula is C23H16N6O3S. The molecule has 3 aromatic rings. The molecule has 0 atom stereocenters. The number of hydrogen-bond donors (Lipinski definition) is 1. The largest absolute Gasteiger partial charge is 0.317 e. The van der Waals surface area contributed by atoms with Crippen LogP contribution in [-0.2, 0) is 11.2 Å². The molecule has 2 aliphatic heterocycles. The Morgan fingerprint density at radius 3 is 2.55 bits per heavy atom. The smallest absolute Gasteiger partial charge is 0.283 e. The van der Waals surface area contributed by atoms with Crippen LogP contribution in [0.1, 0.15) is 11.3 Å². The second-order valence-corrected chi connectivity index (χ2v) is 8.29. The van der Waals surface area contributed by atoms with Gasteiger partial charge in [-0.15, -0.1) is 0 Å². The molecule has 0 bridgehead atoms. The number of fused-ring (bicyclic) bond motifs is 1. The molecule has 0 saturated carbocycles. The number of carbonyl (C=O) groups excluding carboxylic acids is 1. The first-order valence-electron chi connectivity index (χ1n) is 9.95. The van der Waals surface area contributed by atoms with Crippen molar-refractivity contribution in [2.45, 2.75) is 6.42 Å². The van der Waals surface area contributed by atoms with E-state index in [1.807, 2.05) is 30.3 Å². The van der Waals surface area contributed by atoms with Crippen molar-refractivity contribution in [1.82, 2.24) is 9.58 Å². The molecule has 33 heavy (non-hydrogen) atoms. The summed E-state index contributed by atoms with van der Waals surface area (Å²) in [5.41, 5.74) is 2.52. The lowest BCUT2D eigenvalue weighted by Crippen LogP contribution is -2.35. The molecule has 5 rings (SSSR count). The molecule has 0 unspecified atom stereocenters. The van der Waals surface area contributed by atoms with Crippen LogP contribution in [0.15, 0.2) is 88.6 Å². The average Bonchev–Trinajstić information content (AvgIpc) is 3.44. The Balaban J connectivity index is 1.43. The first-order chi connectivity index (χ1) is 16.0. The zero-order valence-electron chi connectivity index (χ0n) is 17.1. The molecule has 0 spiro atoms. The van der Waals surface area contributed by atoms with Crippen molar-refractivity contribution in [3.05, 3.63) is 99.9 Å². The van der Waals surface area contributed by atoms with Gasteiger partial charge in [0.2, 0.25) is 5.17 Å². The number of hydrazone groups is 1. The molecule has 162 valence electrons. The van der Waals surface area contributed by atoms with Gasteiger partial charge < -0.3 is 4.57 Å². The van der Waals surface area contributed by atoms with E-state index in [4.69, 9.17) is 5.41 Å². The Morgan fingerprint density at radius 1 is 1.06 bits per heavy atom. The van der Waals surface area contributed by atoms with Crippen molar-refractivity contribution < 1.29 is 9.72 Å². The number of carbonyl (C=O) groups is 1. The van der Waals surface area contributed by atoms with Crippen LogP contribution in [0.5, 0.6) is 0 Å². The molecule has 10 heteroatoms. The summed E-state index contributed by atoms with van der Waals surface area (Å²) in [6.45, 7) is 0. The number of benzene rings is 2. The number of thioether (sulfide) groups is 1. The van der Waals surface area contributed by atoms with E-state index in [9.17, 15) is 14.9 Å². The summed E-state index contributed by atoms with van der Waals surface area (Å²) in [4.78, 5) is 27.3. The van der Waals surface area contributed by atoms with Gasteiger partial charge in [0.15, 0.2) is 5.84 Å². The summed E-state index contributed by atoms with van der Waals surface area (Å²) < 4.78 is 1.78. The van der Waals surface area contributed by atoms with E-state index in [1.165, 1.54) is 28.9 Å². The Hall–Kier alpha value is -4.31. The van der Waals surface area contributed by atoms with Crippen molar-refractivity contribution >= 4 is 45.5 Å². The van der Waals surface area contributed by atoms with Crippen molar-refractivity contribution in [1.29, 1.82) is 5.41 Å². The fourth-order valence-corrected chi connectivity index (χ4v) is 4.42. The number of nitrogens with one attached hydrogen (secondary N) is 1. The zero-order chi connectivity index (χ0) is 22.9. The van der Waals surface area contributed by atoms with E-state index in [-0.39, 0.29) is 17.1 Å². The SMILES string of the molecule is N=C1/C(=C/c2cccn2-c2ccc([N+](=O)[O-])cc2)C(=O)N=C2SC(Cc3ccccc3)=NN12. The highest BCUT2D eigenvalue weighted by atomic mass is 32.2. The molecule has 2 aromatic carbocycles. The molecule has 0 saturated heterocycles. The van der Waals surface area contributed by atoms with Gasteiger partial charge in [-0.05, 0) is 47.7 Å². The predicted octanol–water partition coefficient (Wildman–Crippen LogP) is 4.25. The van der Waals surface area contributed by atoms with Crippen molar-refractivity contribution in [2.24, 2.45) is 10.1 Å². The maximum atomic E-state index is 12.7. The van der Waals surface area contributed by atoms with Gasteiger partial charge in [-0.25, -0.2) is 0 Å². The van der Waals surface area contributed by atoms with Gasteiger partial charge in [0.1, 0.15) is 5.04 Å². The van der Waals surface area contributed by atoms with Crippen molar-refractivity contribution in [3.8, 4) is 5.69 Å². The van der Waals surface area contributed by atoms with Gasteiger partial charge in [0.25, 0.3) is 11.6 Å². The quantitative estimate of drug-likeness (QED) is 0.350. The number of amides is 1. The fraction of sp³-hybridized carbons (Fsp3) is 0.0435. The fourth-order valence-electron chi connectivity index (χ4n) is 3.50. The van der Waals surface area contributed by atoms with Gasteiger partial charge in [0, 0.05) is 36.1 Å².